The molecule has 0 aliphatic carbocycles. The molecule has 0 bridgehead atoms. The zero-order valence-electron chi connectivity index (χ0n) is 16.6. The average molecular weight is 458 g/mol. The number of carboxylic acids is 1. The first-order valence-electron chi connectivity index (χ1n) is 8.28. The number of hydrogen-bond donors (Lipinski definition) is 2. The van der Waals surface area contributed by atoms with Crippen LogP contribution in [0.4, 0.5) is 5.69 Å². The molecule has 0 spiro atoms. The molecule has 0 saturated heterocycles. The summed E-state index contributed by atoms with van der Waals surface area (Å²) in [6, 6.07) is 5.48. The summed E-state index contributed by atoms with van der Waals surface area (Å²) < 4.78 is 49.5. The topological polar surface area (TPSA) is 120 Å². The molecule has 11 heteroatoms. The first-order chi connectivity index (χ1) is 14.2. The maximum Gasteiger partial charge on any atom is 0.328 e. The highest BCUT2D eigenvalue weighted by atomic mass is 35.5. The predicted molar refractivity (Wildman–Crippen MR) is 112 cm³/mol. The summed E-state index contributed by atoms with van der Waals surface area (Å²) in [4.78, 5) is 10.5. The highest BCUT2D eigenvalue weighted by Gasteiger charge is 2.25. The largest absolute Gasteiger partial charge is 0.495 e. The summed E-state index contributed by atoms with van der Waals surface area (Å²) in [5.41, 5.74) is 0.349. The van der Waals surface area contributed by atoms with Crippen LogP contribution in [0.5, 0.6) is 23.0 Å². The van der Waals surface area contributed by atoms with E-state index >= 15 is 0 Å². The molecule has 0 heterocycles. The Morgan fingerprint density at radius 2 is 1.60 bits per heavy atom. The van der Waals surface area contributed by atoms with Crippen molar-refractivity contribution >= 4 is 39.4 Å². The second kappa shape index (κ2) is 9.59. The second-order valence-corrected chi connectivity index (χ2v) is 7.78. The molecule has 0 aromatic heterocycles. The molecule has 0 unspecified atom stereocenters. The lowest BCUT2D eigenvalue weighted by Crippen LogP contribution is -2.15. The van der Waals surface area contributed by atoms with Crippen molar-refractivity contribution in [1.82, 2.24) is 0 Å². The van der Waals surface area contributed by atoms with Crippen LogP contribution in [-0.4, -0.2) is 47.9 Å². The van der Waals surface area contributed by atoms with E-state index in [4.69, 9.17) is 35.7 Å². The van der Waals surface area contributed by atoms with Crippen LogP contribution in [0, 0.1) is 0 Å². The van der Waals surface area contributed by atoms with Gasteiger partial charge in [-0.3, -0.25) is 4.72 Å². The Hall–Kier alpha value is -3.11. The van der Waals surface area contributed by atoms with Gasteiger partial charge < -0.3 is 24.1 Å². The third-order valence-corrected chi connectivity index (χ3v) is 5.56. The lowest BCUT2D eigenvalue weighted by molar-refractivity contribution is -0.131. The van der Waals surface area contributed by atoms with E-state index in [1.54, 1.807) is 0 Å². The quantitative estimate of drug-likeness (QED) is 0.550. The summed E-state index contributed by atoms with van der Waals surface area (Å²) in [6.45, 7) is 0. The highest BCUT2D eigenvalue weighted by Crippen LogP contribution is 2.40. The fourth-order valence-electron chi connectivity index (χ4n) is 2.55. The molecule has 2 N–H and O–H groups in total. The number of hydrogen-bond acceptors (Lipinski definition) is 7. The molecular weight excluding hydrogens is 438 g/mol. The number of benzene rings is 2. The zero-order chi connectivity index (χ0) is 22.5. The first-order valence-corrected chi connectivity index (χ1v) is 10.1. The molecule has 0 fully saturated rings. The van der Waals surface area contributed by atoms with Crippen molar-refractivity contribution in [3.8, 4) is 23.0 Å². The van der Waals surface area contributed by atoms with Gasteiger partial charge in [0, 0.05) is 18.2 Å². The molecule has 2 rings (SSSR count). The fraction of sp³-hybridized carbons (Fsp3) is 0.211. The van der Waals surface area contributed by atoms with Gasteiger partial charge in [0.25, 0.3) is 10.0 Å². The normalized spacial score (nSPS) is 11.2. The van der Waals surface area contributed by atoms with Gasteiger partial charge in [-0.1, -0.05) is 11.6 Å². The number of sulfonamides is 1. The molecular formula is C19H20ClNO8S. The standard InChI is InChI=1S/C19H20ClNO8S/c1-26-14-10-13(15(27-2)9-12(14)20)21-30(24,25)17-8-11(5-6-18(22)23)7-16(28-3)19(17)29-4/h5-10,21H,1-4H3,(H,22,23)/b6-5+. The summed E-state index contributed by atoms with van der Waals surface area (Å²) in [6.07, 6.45) is 2.10. The van der Waals surface area contributed by atoms with Crippen molar-refractivity contribution in [2.45, 2.75) is 4.90 Å². The zero-order valence-corrected chi connectivity index (χ0v) is 18.1. The van der Waals surface area contributed by atoms with E-state index in [2.05, 4.69) is 4.72 Å². The van der Waals surface area contributed by atoms with Gasteiger partial charge in [0.2, 0.25) is 0 Å². The monoisotopic (exact) mass is 457 g/mol. The van der Waals surface area contributed by atoms with E-state index in [9.17, 15) is 13.2 Å². The lowest BCUT2D eigenvalue weighted by atomic mass is 10.2. The number of nitrogens with one attached hydrogen (secondary N) is 1. The van der Waals surface area contributed by atoms with Crippen LogP contribution in [0.3, 0.4) is 0 Å². The molecule has 0 saturated carbocycles. The Kier molecular flexibility index (Phi) is 7.41. The molecule has 2 aromatic rings. The number of ether oxygens (including phenoxy) is 4. The van der Waals surface area contributed by atoms with Gasteiger partial charge in [-0.05, 0) is 23.8 Å². The van der Waals surface area contributed by atoms with Crippen molar-refractivity contribution in [3.63, 3.8) is 0 Å². The number of carboxylic acid groups (broad SMARTS) is 1. The molecule has 30 heavy (non-hydrogen) atoms. The molecule has 0 atom stereocenters. The van der Waals surface area contributed by atoms with E-state index in [1.165, 1.54) is 58.8 Å². The number of anilines is 1. The SMILES string of the molecule is COc1cc(NS(=O)(=O)c2cc(/C=C/C(=O)O)cc(OC)c2OC)c(OC)cc1Cl. The number of methoxy groups -OCH3 is 4. The van der Waals surface area contributed by atoms with Crippen molar-refractivity contribution in [2.75, 3.05) is 33.2 Å². The van der Waals surface area contributed by atoms with Crippen molar-refractivity contribution in [1.29, 1.82) is 0 Å². The minimum atomic E-state index is -4.24. The molecule has 9 nitrogen and oxygen atoms in total. The number of halogens is 1. The van der Waals surface area contributed by atoms with Crippen LogP contribution in [0.25, 0.3) is 6.08 Å². The Morgan fingerprint density at radius 3 is 2.13 bits per heavy atom. The van der Waals surface area contributed by atoms with Crippen LogP contribution in [-0.2, 0) is 14.8 Å². The summed E-state index contributed by atoms with van der Waals surface area (Å²) in [5.74, 6) is -0.746. The number of rotatable bonds is 9. The fourth-order valence-corrected chi connectivity index (χ4v) is 4.06. The Morgan fingerprint density at radius 1 is 0.967 bits per heavy atom. The van der Waals surface area contributed by atoms with Gasteiger partial charge in [0.15, 0.2) is 11.5 Å². The van der Waals surface area contributed by atoms with Gasteiger partial charge in [-0.2, -0.15) is 0 Å². The van der Waals surface area contributed by atoms with E-state index in [0.29, 0.717) is 0 Å². The molecule has 0 amide bonds. The predicted octanol–water partition coefficient (Wildman–Crippen LogP) is 3.27. The Labute approximate surface area is 178 Å². The Bertz CT molecular complexity index is 1080. The molecule has 162 valence electrons. The number of aliphatic carboxylic acids is 1. The van der Waals surface area contributed by atoms with Gasteiger partial charge >= 0.3 is 5.97 Å². The maximum atomic E-state index is 13.2. The van der Waals surface area contributed by atoms with Crippen LogP contribution < -0.4 is 23.7 Å². The minimum Gasteiger partial charge on any atom is -0.495 e. The van der Waals surface area contributed by atoms with Gasteiger partial charge in [0.1, 0.15) is 16.4 Å². The van der Waals surface area contributed by atoms with Gasteiger partial charge in [-0.15, -0.1) is 0 Å². The van der Waals surface area contributed by atoms with Crippen LogP contribution in [0.1, 0.15) is 5.56 Å². The van der Waals surface area contributed by atoms with E-state index in [0.717, 1.165) is 6.08 Å². The minimum absolute atomic E-state index is 0.0580. The van der Waals surface area contributed by atoms with E-state index in [-0.39, 0.29) is 44.2 Å². The Balaban J connectivity index is 2.64. The van der Waals surface area contributed by atoms with Crippen LogP contribution >= 0.6 is 11.6 Å². The van der Waals surface area contributed by atoms with Crippen molar-refractivity contribution in [3.05, 3.63) is 40.9 Å². The smallest absolute Gasteiger partial charge is 0.328 e. The highest BCUT2D eigenvalue weighted by molar-refractivity contribution is 7.92. The van der Waals surface area contributed by atoms with Crippen LogP contribution in [0.15, 0.2) is 35.2 Å². The molecule has 0 aliphatic rings. The molecule has 0 radical (unpaired) electrons. The summed E-state index contributed by atoms with van der Waals surface area (Å²) >= 11 is 6.06. The van der Waals surface area contributed by atoms with Crippen molar-refractivity contribution < 1.29 is 37.3 Å². The van der Waals surface area contributed by atoms with Gasteiger partial charge in [-0.25, -0.2) is 13.2 Å². The maximum absolute atomic E-state index is 13.2. The van der Waals surface area contributed by atoms with E-state index in [1.807, 2.05) is 0 Å². The third-order valence-electron chi connectivity index (χ3n) is 3.89. The van der Waals surface area contributed by atoms with Crippen LogP contribution in [0.2, 0.25) is 5.02 Å². The molecule has 2 aromatic carbocycles. The lowest BCUT2D eigenvalue weighted by Gasteiger charge is -2.17. The van der Waals surface area contributed by atoms with Crippen molar-refractivity contribution in [2.24, 2.45) is 0 Å². The average Bonchev–Trinajstić information content (AvgIpc) is 2.71. The third kappa shape index (κ3) is 5.08. The summed E-state index contributed by atoms with van der Waals surface area (Å²) in [7, 11) is 1.13. The second-order valence-electron chi connectivity index (χ2n) is 5.72. The first kappa shape index (κ1) is 23.2. The number of carbonyl (C=O) groups is 1. The summed E-state index contributed by atoms with van der Waals surface area (Å²) in [5, 5.41) is 9.08. The molecule has 0 aliphatic heterocycles. The van der Waals surface area contributed by atoms with Gasteiger partial charge in [0.05, 0.1) is 39.1 Å². The van der Waals surface area contributed by atoms with E-state index < -0.39 is 16.0 Å².